The molecule has 2 rings (SSSR count). The largest absolute Gasteiger partial charge is 0.379 e. The number of guanidine groups is 1. The molecule has 0 aromatic carbocycles. The Morgan fingerprint density at radius 2 is 1.92 bits per heavy atom. The van der Waals surface area contributed by atoms with Gasteiger partial charge in [-0.15, -0.1) is 24.0 Å². The third kappa shape index (κ3) is 6.16. The first-order chi connectivity index (χ1) is 11.3. The van der Waals surface area contributed by atoms with E-state index in [9.17, 15) is 0 Å². The highest BCUT2D eigenvalue weighted by atomic mass is 127. The van der Waals surface area contributed by atoms with Crippen LogP contribution in [0, 0.1) is 0 Å². The van der Waals surface area contributed by atoms with Gasteiger partial charge in [-0.1, -0.05) is 23.2 Å². The van der Waals surface area contributed by atoms with Crippen LogP contribution < -0.4 is 10.6 Å². The molecule has 9 heteroatoms. The Balaban J connectivity index is 0.00000312. The lowest BCUT2D eigenvalue weighted by Gasteiger charge is -2.41. The Bertz CT molecular complexity index is 585. The molecule has 6 nitrogen and oxygen atoms in total. The van der Waals surface area contributed by atoms with Gasteiger partial charge in [0.25, 0.3) is 0 Å². The molecule has 0 radical (unpaired) electrons. The van der Waals surface area contributed by atoms with Gasteiger partial charge in [0, 0.05) is 45.0 Å². The van der Waals surface area contributed by atoms with Crippen LogP contribution in [-0.2, 0) is 18.3 Å². The van der Waals surface area contributed by atoms with E-state index in [1.165, 1.54) is 0 Å². The molecule has 1 aromatic heterocycles. The number of hydrogen-bond acceptors (Lipinski definition) is 3. The second-order valence-electron chi connectivity index (χ2n) is 6.52. The number of rotatable bonds is 5. The first-order valence-electron chi connectivity index (χ1n) is 8.12. The van der Waals surface area contributed by atoms with Crippen molar-refractivity contribution in [2.75, 3.05) is 39.9 Å². The van der Waals surface area contributed by atoms with Gasteiger partial charge in [0.15, 0.2) is 5.96 Å². The number of aliphatic imine (C=N–C) groups is 1. The van der Waals surface area contributed by atoms with Gasteiger partial charge >= 0.3 is 0 Å². The Hall–Kier alpha value is -0.220. The topological polar surface area (TPSA) is 53.8 Å². The molecule has 0 spiro atoms. The minimum absolute atomic E-state index is 0. The number of morpholine rings is 1. The van der Waals surface area contributed by atoms with E-state index in [1.54, 1.807) is 7.05 Å². The fourth-order valence-electron chi connectivity index (χ4n) is 2.73. The zero-order valence-electron chi connectivity index (χ0n) is 15.2. The standard InChI is InChI=1S/C16H27Cl2N5O.HI/c1-16(2,23-5-7-24-8-6-23)11-21-15(19-3)20-10-12-9-13(17)14(18)22(12)4;/h9H,5-8,10-11H2,1-4H3,(H2,19,20,21);1H. The van der Waals surface area contributed by atoms with Crippen LogP contribution in [0.25, 0.3) is 0 Å². The molecule has 144 valence electrons. The predicted molar refractivity (Wildman–Crippen MR) is 116 cm³/mol. The number of hydrogen-bond donors (Lipinski definition) is 2. The van der Waals surface area contributed by atoms with Crippen molar-refractivity contribution in [3.05, 3.63) is 21.9 Å². The van der Waals surface area contributed by atoms with Crippen LogP contribution in [0.1, 0.15) is 19.5 Å². The van der Waals surface area contributed by atoms with E-state index in [0.29, 0.717) is 16.7 Å². The Kier molecular flexibility index (Phi) is 9.31. The predicted octanol–water partition coefficient (Wildman–Crippen LogP) is 2.73. The number of nitrogens with zero attached hydrogens (tertiary/aromatic N) is 3. The minimum atomic E-state index is 0. The van der Waals surface area contributed by atoms with Crippen LogP contribution in [0.3, 0.4) is 0 Å². The first-order valence-corrected chi connectivity index (χ1v) is 8.87. The van der Waals surface area contributed by atoms with E-state index in [1.807, 2.05) is 17.7 Å². The summed E-state index contributed by atoms with van der Waals surface area (Å²) >= 11 is 12.1. The summed E-state index contributed by atoms with van der Waals surface area (Å²) in [6.07, 6.45) is 0. The fraction of sp³-hybridized carbons (Fsp3) is 0.688. The lowest BCUT2D eigenvalue weighted by atomic mass is 10.0. The summed E-state index contributed by atoms with van der Waals surface area (Å²) in [5.74, 6) is 0.754. The third-order valence-electron chi connectivity index (χ3n) is 4.43. The maximum absolute atomic E-state index is 6.10. The van der Waals surface area contributed by atoms with Gasteiger partial charge in [-0.2, -0.15) is 0 Å². The molecule has 1 aromatic rings. The van der Waals surface area contributed by atoms with Crippen LogP contribution in [0.4, 0.5) is 0 Å². The molecule has 1 aliphatic heterocycles. The number of nitrogens with one attached hydrogen (secondary N) is 2. The maximum Gasteiger partial charge on any atom is 0.191 e. The van der Waals surface area contributed by atoms with Crippen LogP contribution in [0.5, 0.6) is 0 Å². The summed E-state index contributed by atoms with van der Waals surface area (Å²) in [6.45, 7) is 9.37. The van der Waals surface area contributed by atoms with Crippen LogP contribution in [0.2, 0.25) is 10.2 Å². The van der Waals surface area contributed by atoms with E-state index in [-0.39, 0.29) is 29.5 Å². The van der Waals surface area contributed by atoms with Crippen LogP contribution in [-0.4, -0.2) is 60.9 Å². The first kappa shape index (κ1) is 22.8. The van der Waals surface area contributed by atoms with Crippen molar-refractivity contribution in [3.63, 3.8) is 0 Å². The van der Waals surface area contributed by atoms with E-state index < -0.39 is 0 Å². The molecule has 1 saturated heterocycles. The van der Waals surface area contributed by atoms with Crippen LogP contribution in [0.15, 0.2) is 11.1 Å². The fourth-order valence-corrected chi connectivity index (χ4v) is 3.15. The summed E-state index contributed by atoms with van der Waals surface area (Å²) in [4.78, 5) is 6.72. The van der Waals surface area contributed by atoms with Gasteiger partial charge in [0.05, 0.1) is 24.8 Å². The van der Waals surface area contributed by atoms with Gasteiger partial charge < -0.3 is 19.9 Å². The summed E-state index contributed by atoms with van der Waals surface area (Å²) in [7, 11) is 3.66. The van der Waals surface area contributed by atoms with Gasteiger partial charge in [-0.25, -0.2) is 0 Å². The second-order valence-corrected chi connectivity index (χ2v) is 7.29. The van der Waals surface area contributed by atoms with Crippen LogP contribution >= 0.6 is 47.2 Å². The second kappa shape index (κ2) is 10.2. The molecule has 0 amide bonds. The molecule has 1 fully saturated rings. The molecule has 2 heterocycles. The molecule has 1 aliphatic rings. The molecule has 0 aliphatic carbocycles. The molecular formula is C16H28Cl2IN5O. The zero-order valence-corrected chi connectivity index (χ0v) is 19.1. The average Bonchev–Trinajstić information content (AvgIpc) is 2.83. The normalized spacial score (nSPS) is 16.5. The Labute approximate surface area is 177 Å². The third-order valence-corrected chi connectivity index (χ3v) is 5.27. The zero-order chi connectivity index (χ0) is 17.7. The van der Waals surface area contributed by atoms with E-state index >= 15 is 0 Å². The smallest absolute Gasteiger partial charge is 0.191 e. The summed E-state index contributed by atoms with van der Waals surface area (Å²) in [6, 6.07) is 1.86. The van der Waals surface area contributed by atoms with Crippen molar-refractivity contribution in [3.8, 4) is 0 Å². The number of halogens is 3. The molecule has 25 heavy (non-hydrogen) atoms. The van der Waals surface area contributed by atoms with Crippen molar-refractivity contribution in [2.45, 2.75) is 25.9 Å². The summed E-state index contributed by atoms with van der Waals surface area (Å²) in [5, 5.41) is 7.81. The molecule has 0 saturated carbocycles. The molecule has 0 bridgehead atoms. The van der Waals surface area contributed by atoms with Crippen molar-refractivity contribution in [1.82, 2.24) is 20.1 Å². The van der Waals surface area contributed by atoms with Gasteiger partial charge in [-0.3, -0.25) is 9.89 Å². The van der Waals surface area contributed by atoms with Crippen molar-refractivity contribution < 1.29 is 4.74 Å². The molecule has 2 N–H and O–H groups in total. The van der Waals surface area contributed by atoms with Gasteiger partial charge in [0.2, 0.25) is 0 Å². The van der Waals surface area contributed by atoms with Crippen molar-refractivity contribution in [2.24, 2.45) is 12.0 Å². The summed E-state index contributed by atoms with van der Waals surface area (Å²) < 4.78 is 7.29. The number of aromatic nitrogens is 1. The lowest BCUT2D eigenvalue weighted by molar-refractivity contribution is -0.00834. The SMILES string of the molecule is CN=C(NCc1cc(Cl)c(Cl)n1C)NCC(C)(C)N1CCOCC1.I. The Morgan fingerprint density at radius 1 is 1.28 bits per heavy atom. The summed E-state index contributed by atoms with van der Waals surface area (Å²) in [5.41, 5.74) is 1.03. The molecular weight excluding hydrogens is 476 g/mol. The average molecular weight is 504 g/mol. The highest BCUT2D eigenvalue weighted by molar-refractivity contribution is 14.0. The molecule has 0 atom stereocenters. The van der Waals surface area contributed by atoms with Gasteiger partial charge in [-0.05, 0) is 19.9 Å². The van der Waals surface area contributed by atoms with Gasteiger partial charge in [0.1, 0.15) is 5.15 Å². The highest BCUT2D eigenvalue weighted by Gasteiger charge is 2.28. The van der Waals surface area contributed by atoms with Crippen molar-refractivity contribution in [1.29, 1.82) is 0 Å². The Morgan fingerprint density at radius 3 is 2.44 bits per heavy atom. The van der Waals surface area contributed by atoms with E-state index in [4.69, 9.17) is 27.9 Å². The quantitative estimate of drug-likeness (QED) is 0.368. The lowest BCUT2D eigenvalue weighted by Crippen LogP contribution is -2.56. The maximum atomic E-state index is 6.10. The van der Waals surface area contributed by atoms with Crippen molar-refractivity contribution >= 4 is 53.1 Å². The van der Waals surface area contributed by atoms with E-state index in [0.717, 1.165) is 44.5 Å². The highest BCUT2D eigenvalue weighted by Crippen LogP contribution is 2.24. The minimum Gasteiger partial charge on any atom is -0.379 e. The number of ether oxygens (including phenoxy) is 1. The molecule has 0 unspecified atom stereocenters. The van der Waals surface area contributed by atoms with E-state index in [2.05, 4.69) is 34.4 Å². The monoisotopic (exact) mass is 503 g/mol.